The van der Waals surface area contributed by atoms with E-state index in [-0.39, 0.29) is 0 Å². The Bertz CT molecular complexity index is 1130. The molecule has 0 saturated carbocycles. The molecule has 1 N–H and O–H groups in total. The van der Waals surface area contributed by atoms with Crippen LogP contribution in [0.3, 0.4) is 0 Å². The molecule has 141 valence electrons. The van der Waals surface area contributed by atoms with Crippen molar-refractivity contribution in [2.45, 2.75) is 38.9 Å². The Hall–Kier alpha value is -2.63. The number of rotatable bonds is 5. The van der Waals surface area contributed by atoms with Crippen LogP contribution in [0.4, 0.5) is 0 Å². The Morgan fingerprint density at radius 3 is 2.39 bits per heavy atom. The van der Waals surface area contributed by atoms with Crippen LogP contribution in [-0.2, 0) is 4.65 Å². The zero-order chi connectivity index (χ0) is 19.9. The van der Waals surface area contributed by atoms with Gasteiger partial charge in [-0.2, -0.15) is 0 Å². The van der Waals surface area contributed by atoms with E-state index in [0.29, 0.717) is 0 Å². The number of hydrogen-bond donors (Lipinski definition) is 1. The van der Waals surface area contributed by atoms with Gasteiger partial charge in [0.2, 0.25) is 0 Å². The summed E-state index contributed by atoms with van der Waals surface area (Å²) in [5.41, 5.74) is 2.59. The average Bonchev–Trinajstić information content (AvgIpc) is 3.00. The summed E-state index contributed by atoms with van der Waals surface area (Å²) >= 11 is 0. The molecule has 4 aromatic rings. The van der Waals surface area contributed by atoms with Gasteiger partial charge in [-0.25, -0.2) is 0 Å². The first kappa shape index (κ1) is 18.7. The van der Waals surface area contributed by atoms with Crippen LogP contribution in [0, 0.1) is 0 Å². The number of hydrogen-bond acceptors (Lipinski definition) is 3. The van der Waals surface area contributed by atoms with E-state index in [1.807, 2.05) is 32.2 Å². The second-order valence-electron chi connectivity index (χ2n) is 8.15. The number of para-hydroxylation sites is 1. The fraction of sp³-hybridized carbons (Fsp3) is 0.261. The van der Waals surface area contributed by atoms with Gasteiger partial charge in [-0.1, -0.05) is 35.8 Å². The van der Waals surface area contributed by atoms with Gasteiger partial charge < -0.3 is 14.3 Å². The third-order valence-electron chi connectivity index (χ3n) is 5.56. The molecule has 0 bridgehead atoms. The zero-order valence-electron chi connectivity index (χ0n) is 16.7. The molecule has 28 heavy (non-hydrogen) atoms. The van der Waals surface area contributed by atoms with Crippen molar-refractivity contribution in [2.24, 2.45) is 0 Å². The largest absolute Gasteiger partial charge is 0.427 e. The van der Waals surface area contributed by atoms with Gasteiger partial charge in [-0.05, 0) is 52.0 Å². The Balaban J connectivity index is 1.80. The molecule has 0 aliphatic heterocycles. The minimum atomic E-state index is -0.954. The first-order chi connectivity index (χ1) is 13.3. The van der Waals surface area contributed by atoms with Crippen LogP contribution in [0.15, 0.2) is 67.0 Å². The second kappa shape index (κ2) is 6.76. The summed E-state index contributed by atoms with van der Waals surface area (Å²) in [5.74, 6) is 0. The third kappa shape index (κ3) is 3.21. The molecule has 2 heterocycles. The Kier molecular flexibility index (Phi) is 4.52. The van der Waals surface area contributed by atoms with Crippen molar-refractivity contribution in [1.82, 2.24) is 9.55 Å². The summed E-state index contributed by atoms with van der Waals surface area (Å²) in [5, 5.41) is 12.6. The van der Waals surface area contributed by atoms with E-state index in [4.69, 9.17) is 4.65 Å². The van der Waals surface area contributed by atoms with Gasteiger partial charge in [-0.15, -0.1) is 0 Å². The van der Waals surface area contributed by atoms with Crippen molar-refractivity contribution in [3.8, 4) is 5.69 Å². The molecule has 0 saturated heterocycles. The smallest absolute Gasteiger partial charge is 0.330 e. The standard InChI is InChI=1S/C23H24BN2O2/c1-22(2,27)23(3,4)28-24-16-11-12-21-19(14-16)18-9-5-6-10-20(18)26(21)17-8-7-13-25-15-17/h5-15,27H,1-4H3. The minimum Gasteiger partial charge on any atom is -0.427 e. The van der Waals surface area contributed by atoms with E-state index in [0.717, 1.165) is 27.6 Å². The molecule has 0 atom stereocenters. The predicted octanol–water partition coefficient (Wildman–Crippen LogP) is 3.99. The first-order valence-corrected chi connectivity index (χ1v) is 9.45. The fourth-order valence-electron chi connectivity index (χ4n) is 3.19. The van der Waals surface area contributed by atoms with Gasteiger partial charge in [0, 0.05) is 17.0 Å². The maximum atomic E-state index is 10.3. The summed E-state index contributed by atoms with van der Waals surface area (Å²) in [7, 11) is 1.73. The molecule has 0 aliphatic rings. The summed E-state index contributed by atoms with van der Waals surface area (Å²) in [6.45, 7) is 7.28. The number of benzene rings is 2. The number of aromatic nitrogens is 2. The highest BCUT2D eigenvalue weighted by molar-refractivity contribution is 6.47. The highest BCUT2D eigenvalue weighted by Crippen LogP contribution is 2.31. The number of nitrogens with zero attached hydrogens (tertiary/aromatic N) is 2. The predicted molar refractivity (Wildman–Crippen MR) is 115 cm³/mol. The lowest BCUT2D eigenvalue weighted by Gasteiger charge is -2.37. The van der Waals surface area contributed by atoms with Gasteiger partial charge in [0.15, 0.2) is 0 Å². The lowest BCUT2D eigenvalue weighted by atomic mass is 9.82. The second-order valence-corrected chi connectivity index (χ2v) is 8.15. The Morgan fingerprint density at radius 1 is 0.929 bits per heavy atom. The number of fused-ring (bicyclic) bond motifs is 3. The summed E-state index contributed by atoms with van der Waals surface area (Å²) in [4.78, 5) is 4.28. The van der Waals surface area contributed by atoms with Crippen LogP contribution in [-0.4, -0.2) is 33.3 Å². The van der Waals surface area contributed by atoms with Gasteiger partial charge in [0.05, 0.1) is 34.1 Å². The van der Waals surface area contributed by atoms with Crippen molar-refractivity contribution >= 4 is 34.8 Å². The quantitative estimate of drug-likeness (QED) is 0.540. The first-order valence-electron chi connectivity index (χ1n) is 9.45. The molecule has 4 nitrogen and oxygen atoms in total. The maximum Gasteiger partial charge on any atom is 0.330 e. The molecular formula is C23H24BN2O2. The van der Waals surface area contributed by atoms with Gasteiger partial charge in [0.1, 0.15) is 0 Å². The normalized spacial score (nSPS) is 12.6. The van der Waals surface area contributed by atoms with Crippen molar-refractivity contribution in [3.63, 3.8) is 0 Å². The highest BCUT2D eigenvalue weighted by atomic mass is 16.5. The monoisotopic (exact) mass is 371 g/mol. The molecule has 0 unspecified atom stereocenters. The van der Waals surface area contributed by atoms with Crippen molar-refractivity contribution < 1.29 is 9.76 Å². The Morgan fingerprint density at radius 2 is 1.68 bits per heavy atom. The van der Waals surface area contributed by atoms with Crippen LogP contribution in [0.25, 0.3) is 27.5 Å². The third-order valence-corrected chi connectivity index (χ3v) is 5.56. The van der Waals surface area contributed by atoms with Gasteiger partial charge >= 0.3 is 7.48 Å². The molecule has 5 heteroatoms. The number of pyridine rings is 1. The van der Waals surface area contributed by atoms with Gasteiger partial charge in [0.25, 0.3) is 0 Å². The summed E-state index contributed by atoms with van der Waals surface area (Å²) in [6, 6.07) is 18.7. The van der Waals surface area contributed by atoms with E-state index < -0.39 is 11.2 Å². The van der Waals surface area contributed by atoms with Gasteiger partial charge in [-0.3, -0.25) is 4.98 Å². The lowest BCUT2D eigenvalue weighted by molar-refractivity contribution is -0.0893. The van der Waals surface area contributed by atoms with Crippen molar-refractivity contribution in [1.29, 1.82) is 0 Å². The molecule has 2 aromatic carbocycles. The molecular weight excluding hydrogens is 347 g/mol. The molecule has 0 amide bonds. The summed E-state index contributed by atoms with van der Waals surface area (Å²) in [6.07, 6.45) is 3.66. The molecule has 4 rings (SSSR count). The molecule has 0 spiro atoms. The van der Waals surface area contributed by atoms with E-state index >= 15 is 0 Å². The summed E-state index contributed by atoms with van der Waals surface area (Å²) < 4.78 is 8.17. The number of aliphatic hydroxyl groups is 1. The van der Waals surface area contributed by atoms with E-state index in [1.165, 1.54) is 5.39 Å². The van der Waals surface area contributed by atoms with Crippen LogP contribution >= 0.6 is 0 Å². The lowest BCUT2D eigenvalue weighted by Crippen LogP contribution is -2.49. The Labute approximate surface area is 166 Å². The fourth-order valence-corrected chi connectivity index (χ4v) is 3.19. The minimum absolute atomic E-state index is 0.703. The van der Waals surface area contributed by atoms with E-state index in [9.17, 15) is 5.11 Å². The topological polar surface area (TPSA) is 47.3 Å². The molecule has 2 aromatic heterocycles. The van der Waals surface area contributed by atoms with Crippen LogP contribution in [0.1, 0.15) is 27.7 Å². The molecule has 0 aliphatic carbocycles. The highest BCUT2D eigenvalue weighted by Gasteiger charge is 2.35. The zero-order valence-corrected chi connectivity index (χ0v) is 16.7. The van der Waals surface area contributed by atoms with Crippen LogP contribution in [0.2, 0.25) is 0 Å². The SMILES string of the molecule is CC(C)(O)C(C)(C)O[B]c1ccc2c(c1)c1ccccc1n2-c1cccnc1. The van der Waals surface area contributed by atoms with Crippen molar-refractivity contribution in [2.75, 3.05) is 0 Å². The van der Waals surface area contributed by atoms with Crippen LogP contribution < -0.4 is 5.46 Å². The van der Waals surface area contributed by atoms with E-state index in [1.54, 1.807) is 27.5 Å². The van der Waals surface area contributed by atoms with E-state index in [2.05, 4.69) is 52.0 Å². The van der Waals surface area contributed by atoms with Crippen LogP contribution in [0.5, 0.6) is 0 Å². The molecule has 0 fully saturated rings. The maximum absolute atomic E-state index is 10.3. The average molecular weight is 371 g/mol. The molecule has 1 radical (unpaired) electrons. The van der Waals surface area contributed by atoms with Crippen molar-refractivity contribution in [3.05, 3.63) is 67.0 Å².